The minimum Gasteiger partial charge on any atom is -0.508 e. The number of fused-ring (bicyclic) bond motifs is 6. The number of aryl methyl sites for hydroxylation is 1. The quantitative estimate of drug-likeness (QED) is 0.0397. The second kappa shape index (κ2) is 38.7. The predicted octanol–water partition coefficient (Wildman–Crippen LogP) is 11.5. The third kappa shape index (κ3) is 18.4. The van der Waals surface area contributed by atoms with Crippen LogP contribution >= 0.6 is 23.2 Å². The first-order valence-corrected chi connectivity index (χ1v) is 44.3. The molecule has 1 N–H and O–H groups in total. The molecule has 0 unspecified atom stereocenters. The molecular formula is C95H106Cl2N20O9. The Morgan fingerprint density at radius 3 is 1.45 bits per heavy atom. The van der Waals surface area contributed by atoms with Crippen molar-refractivity contribution in [2.45, 2.75) is 127 Å². The maximum absolute atomic E-state index is 14.0. The summed E-state index contributed by atoms with van der Waals surface area (Å²) in [5, 5.41) is 26.1. The van der Waals surface area contributed by atoms with Crippen molar-refractivity contribution in [3.8, 4) is 29.9 Å². The molecule has 0 bridgehead atoms. The number of hydrogen-bond donors (Lipinski definition) is 1. The van der Waals surface area contributed by atoms with Crippen LogP contribution in [0.25, 0.3) is 37.2 Å². The van der Waals surface area contributed by atoms with Gasteiger partial charge in [-0.25, -0.2) is 6.57 Å². The lowest BCUT2D eigenvalue weighted by atomic mass is 10.0. The molecule has 6 atom stereocenters. The molecule has 6 fully saturated rings. The van der Waals surface area contributed by atoms with Crippen LogP contribution in [0.5, 0.6) is 23.8 Å². The number of alkyl halides is 1. The normalized spacial score (nSPS) is 20.6. The Hall–Kier alpha value is -12.3. The van der Waals surface area contributed by atoms with Gasteiger partial charge in [0.1, 0.15) is 49.1 Å². The molecule has 31 heteroatoms. The molecular weight excluding hydrogens is 1640 g/mol. The molecule has 0 spiro atoms. The summed E-state index contributed by atoms with van der Waals surface area (Å²) in [5.41, 5.74) is 8.65. The van der Waals surface area contributed by atoms with Crippen molar-refractivity contribution in [1.29, 1.82) is 5.26 Å². The Labute approximate surface area is 744 Å². The number of carbonyl (C=O) groups excluding carboxylic acids is 5. The summed E-state index contributed by atoms with van der Waals surface area (Å²) in [7, 11) is 6.33. The number of ether oxygens (including phenoxy) is 3. The SMILES string of the molecule is C=CC(=O)N1CCN(c2nc(OC[C@@H]3CCCN3C)nc3c2CN(C(=O)c2cc(O)cc4ccccc24)C3)C[C@@H]1CCl.C=CC(=O)N1CCN(c2nc(OC[C@@H]3CCCN3C)nc3c2CN(c2cccc4cccc(C)c24)C3)C[C@@H]1CC#N.[C-]#[N+]C[C@H]1CN(c2nc(OC[C@@H]3CCCN3C)nc3c2CN(C(=O)c2cccc4cccc(Cl)c24)C3)CCN1C(=O)C=C. The summed E-state index contributed by atoms with van der Waals surface area (Å²) in [6.45, 7) is 32.5. The minimum atomic E-state index is -0.309. The maximum Gasteiger partial charge on any atom is 0.318 e. The zero-order valence-corrected chi connectivity index (χ0v) is 73.3. The van der Waals surface area contributed by atoms with Gasteiger partial charge in [-0.15, -0.1) is 11.6 Å². The van der Waals surface area contributed by atoms with Crippen LogP contribution in [0.4, 0.5) is 23.1 Å². The molecule has 9 aromatic rings. The number of piperazine rings is 3. The third-order valence-corrected chi connectivity index (χ3v) is 26.8. The van der Waals surface area contributed by atoms with Crippen molar-refractivity contribution >= 4 is 108 Å². The second-order valence-electron chi connectivity index (χ2n) is 33.9. The first kappa shape index (κ1) is 87.2. The molecule has 6 saturated heterocycles. The highest BCUT2D eigenvalue weighted by molar-refractivity contribution is 6.37. The van der Waals surface area contributed by atoms with Crippen LogP contribution in [0.3, 0.4) is 0 Å². The van der Waals surface area contributed by atoms with E-state index in [1.165, 1.54) is 52.7 Å². The van der Waals surface area contributed by atoms with E-state index in [2.05, 4.69) is 129 Å². The van der Waals surface area contributed by atoms with Gasteiger partial charge in [0.15, 0.2) is 0 Å². The molecule has 3 aromatic heterocycles. The Balaban J connectivity index is 0.000000139. The van der Waals surface area contributed by atoms with Crippen molar-refractivity contribution in [2.24, 2.45) is 0 Å². The average molecular weight is 1740 g/mol. The average Bonchev–Trinajstić information content (AvgIpc) is 1.63. The zero-order chi connectivity index (χ0) is 88.0. The molecule has 9 aliphatic heterocycles. The second-order valence-corrected chi connectivity index (χ2v) is 34.6. The van der Waals surface area contributed by atoms with Gasteiger partial charge in [0.2, 0.25) is 24.3 Å². The van der Waals surface area contributed by atoms with Crippen molar-refractivity contribution in [3.63, 3.8) is 0 Å². The van der Waals surface area contributed by atoms with Crippen molar-refractivity contribution in [1.82, 2.24) is 69.1 Å². The molecule has 0 aliphatic carbocycles. The van der Waals surface area contributed by atoms with Gasteiger partial charge in [-0.05, 0) is 162 Å². The number of carbonyl (C=O) groups is 5. The molecule has 5 amide bonds. The van der Waals surface area contributed by atoms with Crippen LogP contribution in [-0.2, 0) is 53.7 Å². The number of anilines is 4. The monoisotopic (exact) mass is 1740 g/mol. The van der Waals surface area contributed by atoms with E-state index in [1.807, 2.05) is 54.6 Å². The van der Waals surface area contributed by atoms with E-state index >= 15 is 0 Å². The van der Waals surface area contributed by atoms with Crippen LogP contribution in [0.1, 0.15) is 105 Å². The van der Waals surface area contributed by atoms with Crippen LogP contribution in [0, 0.1) is 24.8 Å². The van der Waals surface area contributed by atoms with Crippen molar-refractivity contribution < 1.29 is 43.3 Å². The number of phenols is 1. The number of aromatic hydroxyl groups is 1. The zero-order valence-electron chi connectivity index (χ0n) is 71.8. The van der Waals surface area contributed by atoms with Gasteiger partial charge < -0.3 is 83.0 Å². The highest BCUT2D eigenvalue weighted by atomic mass is 35.5. The fraction of sp³-hybridized carbons (Fsp3) is 0.421. The van der Waals surface area contributed by atoms with Crippen LogP contribution < -0.4 is 33.8 Å². The molecule has 29 nitrogen and oxygen atoms in total. The van der Waals surface area contributed by atoms with Crippen LogP contribution in [0.15, 0.2) is 147 Å². The highest BCUT2D eigenvalue weighted by Crippen LogP contribution is 2.42. The fourth-order valence-corrected chi connectivity index (χ4v) is 19.8. The summed E-state index contributed by atoms with van der Waals surface area (Å²) in [4.78, 5) is 123. The number of likely N-dealkylation sites (tertiary alicyclic amines) is 3. The van der Waals surface area contributed by atoms with Gasteiger partial charge >= 0.3 is 18.0 Å². The lowest BCUT2D eigenvalue weighted by Crippen LogP contribution is -2.56. The number of rotatable bonds is 21. The van der Waals surface area contributed by atoms with E-state index in [0.717, 1.165) is 113 Å². The third-order valence-electron chi connectivity index (χ3n) is 26.1. The van der Waals surface area contributed by atoms with Crippen LogP contribution in [0.2, 0.25) is 5.02 Å². The van der Waals surface area contributed by atoms with Gasteiger partial charge in [-0.2, -0.15) is 35.2 Å². The molecule has 126 heavy (non-hydrogen) atoms. The lowest BCUT2D eigenvalue weighted by Gasteiger charge is -2.41. The van der Waals surface area contributed by atoms with Crippen molar-refractivity contribution in [3.05, 3.63) is 214 Å². The van der Waals surface area contributed by atoms with E-state index in [-0.39, 0.29) is 84.3 Å². The number of aromatic nitrogens is 6. The molecule has 654 valence electrons. The van der Waals surface area contributed by atoms with E-state index in [0.29, 0.717) is 170 Å². The van der Waals surface area contributed by atoms with E-state index < -0.39 is 0 Å². The number of phenolic OH excluding ortho intramolecular Hbond substituents is 1. The van der Waals surface area contributed by atoms with E-state index in [4.69, 9.17) is 73.9 Å². The Morgan fingerprint density at radius 2 is 0.952 bits per heavy atom. The molecule has 9 aliphatic rings. The summed E-state index contributed by atoms with van der Waals surface area (Å²) >= 11 is 12.9. The number of amides is 5. The summed E-state index contributed by atoms with van der Waals surface area (Å²) in [6, 6.07) is 38.2. The largest absolute Gasteiger partial charge is 0.508 e. The minimum absolute atomic E-state index is 0.0425. The smallest absolute Gasteiger partial charge is 0.318 e. The maximum atomic E-state index is 14.0. The molecule has 18 rings (SSSR count). The number of nitrogens with zero attached hydrogens (tertiary/aromatic N) is 20. The number of benzene rings is 6. The number of halogens is 2. The first-order valence-electron chi connectivity index (χ1n) is 43.4. The standard InChI is InChI=1S/C32H34ClN7O3.C32H37N7O2.C31H35ClN6O4/c1-4-28(41)40-15-14-38(17-23(40)16-34-2)30-25-18-39(31(42)24-11-5-8-21-9-6-12-26(33)29(21)24)19-27(25)35-32(36-30)43-20-22-10-7-13-37(22)3;1-4-29(40)39-17-16-37(18-24(39)13-14-33)31-26-19-38(28-12-6-10-23-9-5-8-22(2)30(23)28)20-27(26)34-32(35-31)41-21-25-11-7-15-36(25)3;1-3-28(40)38-12-11-36(16-22(38)15-32)29-26-17-37(30(41)25-14-23(39)13-20-7-4-5-9-24(20)25)18-27(26)33-31(34-29)42-19-21-8-6-10-35(21)2/h4-6,8-9,11-12,22-23H,1,7,10,13-20H2,3H3;4-6,8-10,12,24-25H,1,7,11,13,15-21H2,2-3H3;3-5,7,9,13-14,21-22,39H,1,6,8,10-12,15-19H2,2H3/t22-,23-;24-,25-;21-,22-/m000/s1. The van der Waals surface area contributed by atoms with Gasteiger partial charge in [-0.3, -0.25) is 24.0 Å². The van der Waals surface area contributed by atoms with Crippen molar-refractivity contribution in [2.75, 3.05) is 152 Å². The predicted molar refractivity (Wildman–Crippen MR) is 486 cm³/mol. The van der Waals surface area contributed by atoms with Gasteiger partial charge in [0, 0.05) is 133 Å². The Kier molecular flexibility index (Phi) is 26.8. The van der Waals surface area contributed by atoms with Crippen LogP contribution in [-0.4, -0.2) is 272 Å². The topological polar surface area (TPSA) is 278 Å². The van der Waals surface area contributed by atoms with Gasteiger partial charge in [0.25, 0.3) is 11.8 Å². The van der Waals surface area contributed by atoms with Gasteiger partial charge in [0.05, 0.1) is 79.9 Å². The Bertz CT molecular complexity index is 5760. The highest BCUT2D eigenvalue weighted by Gasteiger charge is 2.42. The van der Waals surface area contributed by atoms with Gasteiger partial charge in [-0.1, -0.05) is 110 Å². The first-order chi connectivity index (χ1) is 61.2. The summed E-state index contributed by atoms with van der Waals surface area (Å²) in [6.07, 6.45) is 10.9. The summed E-state index contributed by atoms with van der Waals surface area (Å²) < 4.78 is 18.6. The van der Waals surface area contributed by atoms with E-state index in [9.17, 15) is 34.3 Å². The number of hydrogen-bond acceptors (Lipinski definition) is 23. The molecule has 12 heterocycles. The molecule has 0 radical (unpaired) electrons. The lowest BCUT2D eigenvalue weighted by molar-refractivity contribution is -0.129. The molecule has 6 aromatic carbocycles. The number of nitriles is 1. The Morgan fingerprint density at radius 1 is 0.508 bits per heavy atom. The van der Waals surface area contributed by atoms with E-state index in [1.54, 1.807) is 36.6 Å². The summed E-state index contributed by atoms with van der Waals surface area (Å²) in [5.74, 6) is 1.75. The molecule has 0 saturated carbocycles. The number of likely N-dealkylation sites (N-methyl/N-ethyl adjacent to an activating group) is 3. The fourth-order valence-electron chi connectivity index (χ4n) is 19.3.